The van der Waals surface area contributed by atoms with Crippen LogP contribution in [0.3, 0.4) is 0 Å². The van der Waals surface area contributed by atoms with Crippen LogP contribution in [-0.2, 0) is 0 Å². The zero-order valence-corrected chi connectivity index (χ0v) is 9.04. The fourth-order valence-corrected chi connectivity index (χ4v) is 2.06. The van der Waals surface area contributed by atoms with Gasteiger partial charge in [0.1, 0.15) is 0 Å². The zero-order chi connectivity index (χ0) is 9.97. The molecule has 1 aliphatic rings. The Morgan fingerprint density at radius 3 is 3.14 bits per heavy atom. The molecule has 0 aliphatic carbocycles. The van der Waals surface area contributed by atoms with E-state index in [0.29, 0.717) is 5.15 Å². The molecule has 1 saturated heterocycles. The maximum atomic E-state index is 5.79. The molecular weight excluding hydrogens is 198 g/mol. The summed E-state index contributed by atoms with van der Waals surface area (Å²) in [4.78, 5) is 2.33. The van der Waals surface area contributed by atoms with E-state index in [1.165, 1.54) is 12.8 Å². The minimum absolute atomic E-state index is 0.474. The van der Waals surface area contributed by atoms with E-state index in [9.17, 15) is 0 Å². The Morgan fingerprint density at radius 2 is 2.50 bits per heavy atom. The highest BCUT2D eigenvalue weighted by molar-refractivity contribution is 6.29. The van der Waals surface area contributed by atoms with Crippen LogP contribution in [0.2, 0.25) is 5.15 Å². The van der Waals surface area contributed by atoms with Crippen molar-refractivity contribution in [1.82, 2.24) is 10.2 Å². The number of rotatable bonds is 2. The molecule has 1 aromatic rings. The number of nitrogens with zero attached hydrogens (tertiary/aromatic N) is 3. The lowest BCUT2D eigenvalue weighted by Gasteiger charge is -2.17. The summed E-state index contributed by atoms with van der Waals surface area (Å²) in [5.41, 5.74) is 1.10. The van der Waals surface area contributed by atoms with E-state index in [-0.39, 0.29) is 0 Å². The Bertz CT molecular complexity index is 316. The molecule has 2 rings (SSSR count). The van der Waals surface area contributed by atoms with Crippen LogP contribution >= 0.6 is 11.6 Å². The van der Waals surface area contributed by atoms with Crippen molar-refractivity contribution in [2.24, 2.45) is 5.92 Å². The number of hydrogen-bond donors (Lipinski definition) is 0. The van der Waals surface area contributed by atoms with Crippen LogP contribution in [0.1, 0.15) is 19.8 Å². The maximum Gasteiger partial charge on any atom is 0.153 e. The van der Waals surface area contributed by atoms with Crippen molar-refractivity contribution in [2.75, 3.05) is 18.0 Å². The highest BCUT2D eigenvalue weighted by Crippen LogP contribution is 2.25. The Morgan fingerprint density at radius 1 is 1.64 bits per heavy atom. The molecule has 0 saturated carbocycles. The van der Waals surface area contributed by atoms with Crippen molar-refractivity contribution >= 4 is 17.3 Å². The molecule has 2 heterocycles. The fourth-order valence-electron chi connectivity index (χ4n) is 1.90. The van der Waals surface area contributed by atoms with Crippen LogP contribution in [-0.4, -0.2) is 23.3 Å². The molecular formula is C10H14ClN3. The molecule has 0 amide bonds. The monoisotopic (exact) mass is 211 g/mol. The summed E-state index contributed by atoms with van der Waals surface area (Å²) in [5, 5.41) is 8.07. The van der Waals surface area contributed by atoms with Gasteiger partial charge in [0, 0.05) is 19.2 Å². The smallest absolute Gasteiger partial charge is 0.153 e. The summed E-state index contributed by atoms with van der Waals surface area (Å²) in [5.74, 6) is 0.821. The third-order valence-corrected chi connectivity index (χ3v) is 3.02. The van der Waals surface area contributed by atoms with Crippen LogP contribution < -0.4 is 4.90 Å². The van der Waals surface area contributed by atoms with Crippen LogP contribution in [0.15, 0.2) is 12.3 Å². The zero-order valence-electron chi connectivity index (χ0n) is 8.28. The number of anilines is 1. The first-order valence-electron chi connectivity index (χ1n) is 5.02. The van der Waals surface area contributed by atoms with Gasteiger partial charge in [0.25, 0.3) is 0 Å². The lowest BCUT2D eigenvalue weighted by molar-refractivity contribution is 0.569. The molecule has 3 nitrogen and oxygen atoms in total. The Hall–Kier alpha value is -0.830. The van der Waals surface area contributed by atoms with Gasteiger partial charge in [-0.15, -0.1) is 5.10 Å². The summed E-state index contributed by atoms with van der Waals surface area (Å²) in [6.07, 6.45) is 4.31. The topological polar surface area (TPSA) is 29.0 Å². The molecule has 1 fully saturated rings. The average molecular weight is 212 g/mol. The molecule has 0 spiro atoms. The number of halogens is 1. The summed E-state index contributed by atoms with van der Waals surface area (Å²) in [7, 11) is 0. The van der Waals surface area contributed by atoms with Gasteiger partial charge in [-0.05, 0) is 12.3 Å². The second kappa shape index (κ2) is 4.13. The number of hydrogen-bond acceptors (Lipinski definition) is 3. The van der Waals surface area contributed by atoms with Gasteiger partial charge >= 0.3 is 0 Å². The fraction of sp³-hybridized carbons (Fsp3) is 0.600. The van der Waals surface area contributed by atoms with Crippen LogP contribution in [0.5, 0.6) is 0 Å². The normalized spacial score (nSPS) is 21.6. The maximum absolute atomic E-state index is 5.79. The van der Waals surface area contributed by atoms with Gasteiger partial charge in [0.05, 0.1) is 11.9 Å². The van der Waals surface area contributed by atoms with Gasteiger partial charge in [0.2, 0.25) is 0 Å². The molecule has 76 valence electrons. The van der Waals surface area contributed by atoms with E-state index in [1.54, 1.807) is 6.20 Å². The minimum atomic E-state index is 0.474. The van der Waals surface area contributed by atoms with Gasteiger partial charge in [0.15, 0.2) is 5.15 Å². The lowest BCUT2D eigenvalue weighted by Crippen LogP contribution is -2.19. The van der Waals surface area contributed by atoms with Crippen molar-refractivity contribution in [3.63, 3.8) is 0 Å². The molecule has 1 unspecified atom stereocenters. The first-order valence-corrected chi connectivity index (χ1v) is 5.40. The quantitative estimate of drug-likeness (QED) is 0.752. The van der Waals surface area contributed by atoms with E-state index < -0.39 is 0 Å². The molecule has 1 aromatic heterocycles. The lowest BCUT2D eigenvalue weighted by atomic mass is 10.1. The van der Waals surface area contributed by atoms with Gasteiger partial charge in [-0.1, -0.05) is 24.9 Å². The van der Waals surface area contributed by atoms with Gasteiger partial charge in [-0.3, -0.25) is 0 Å². The standard InChI is InChI=1S/C10H14ClN3/c1-2-8-3-4-14(7-8)9-5-10(11)13-12-6-9/h5-6,8H,2-4,7H2,1H3. The molecule has 0 radical (unpaired) electrons. The van der Waals surface area contributed by atoms with Crippen molar-refractivity contribution in [1.29, 1.82) is 0 Å². The first-order chi connectivity index (χ1) is 6.79. The van der Waals surface area contributed by atoms with Crippen molar-refractivity contribution < 1.29 is 0 Å². The molecule has 0 aromatic carbocycles. The Labute approximate surface area is 89.1 Å². The van der Waals surface area contributed by atoms with Crippen LogP contribution in [0, 0.1) is 5.92 Å². The largest absolute Gasteiger partial charge is 0.370 e. The van der Waals surface area contributed by atoms with Gasteiger partial charge in [-0.25, -0.2) is 0 Å². The minimum Gasteiger partial charge on any atom is -0.370 e. The highest BCUT2D eigenvalue weighted by Gasteiger charge is 2.21. The summed E-state index contributed by atoms with van der Waals surface area (Å²) in [6, 6.07) is 1.88. The SMILES string of the molecule is CCC1CCN(c2cnnc(Cl)c2)C1. The average Bonchev–Trinajstić information content (AvgIpc) is 2.66. The molecule has 14 heavy (non-hydrogen) atoms. The second-order valence-electron chi connectivity index (χ2n) is 3.75. The summed E-state index contributed by atoms with van der Waals surface area (Å²) in [6.45, 7) is 4.48. The van der Waals surface area contributed by atoms with Gasteiger partial charge < -0.3 is 4.90 Å². The highest BCUT2D eigenvalue weighted by atomic mass is 35.5. The third-order valence-electron chi connectivity index (χ3n) is 2.84. The summed E-state index contributed by atoms with van der Waals surface area (Å²) >= 11 is 5.79. The van der Waals surface area contributed by atoms with Gasteiger partial charge in [-0.2, -0.15) is 5.10 Å². The molecule has 4 heteroatoms. The van der Waals surface area contributed by atoms with Crippen molar-refractivity contribution in [3.05, 3.63) is 17.4 Å². The summed E-state index contributed by atoms with van der Waals surface area (Å²) < 4.78 is 0. The predicted molar refractivity (Wildman–Crippen MR) is 57.7 cm³/mol. The van der Waals surface area contributed by atoms with E-state index in [0.717, 1.165) is 24.7 Å². The van der Waals surface area contributed by atoms with E-state index >= 15 is 0 Å². The van der Waals surface area contributed by atoms with Crippen molar-refractivity contribution in [3.8, 4) is 0 Å². The molecule has 1 aliphatic heterocycles. The Balaban J connectivity index is 2.09. The van der Waals surface area contributed by atoms with Crippen LogP contribution in [0.25, 0.3) is 0 Å². The van der Waals surface area contributed by atoms with E-state index in [4.69, 9.17) is 11.6 Å². The predicted octanol–water partition coefficient (Wildman–Crippen LogP) is 2.37. The van der Waals surface area contributed by atoms with Crippen molar-refractivity contribution in [2.45, 2.75) is 19.8 Å². The molecule has 0 N–H and O–H groups in total. The third kappa shape index (κ3) is 1.98. The number of aromatic nitrogens is 2. The first kappa shape index (κ1) is 9.71. The van der Waals surface area contributed by atoms with Crippen LogP contribution in [0.4, 0.5) is 5.69 Å². The second-order valence-corrected chi connectivity index (χ2v) is 4.13. The van der Waals surface area contributed by atoms with E-state index in [1.807, 2.05) is 6.07 Å². The van der Waals surface area contributed by atoms with E-state index in [2.05, 4.69) is 22.0 Å². The Kier molecular flexibility index (Phi) is 2.87. The molecule has 0 bridgehead atoms. The molecule has 1 atom stereocenters.